The van der Waals surface area contributed by atoms with Crippen LogP contribution in [-0.4, -0.2) is 30.8 Å². The Morgan fingerprint density at radius 3 is 2.29 bits per heavy atom. The van der Waals surface area contributed by atoms with Gasteiger partial charge in [-0.1, -0.05) is 19.3 Å². The summed E-state index contributed by atoms with van der Waals surface area (Å²) in [5.41, 5.74) is 0. The molecule has 0 spiro atoms. The molecule has 0 bridgehead atoms. The summed E-state index contributed by atoms with van der Waals surface area (Å²) in [6, 6.07) is 0. The number of nitrogens with zero attached hydrogens (tertiary/aromatic N) is 1. The summed E-state index contributed by atoms with van der Waals surface area (Å²) in [7, 11) is 0. The van der Waals surface area contributed by atoms with Crippen LogP contribution in [0.3, 0.4) is 0 Å². The van der Waals surface area contributed by atoms with Crippen LogP contribution in [0, 0.1) is 0 Å². The minimum atomic E-state index is 0.756. The van der Waals surface area contributed by atoms with Gasteiger partial charge in [0.15, 0.2) is 0 Å². The summed E-state index contributed by atoms with van der Waals surface area (Å²) in [4.78, 5) is 12.6. The molecule has 0 saturated carbocycles. The molecule has 2 heteroatoms. The van der Waals surface area contributed by atoms with Crippen LogP contribution in [0.1, 0.15) is 51.4 Å². The molecule has 0 aromatic rings. The third-order valence-corrected chi connectivity index (χ3v) is 3.00. The first-order valence-electron chi connectivity index (χ1n) is 6.09. The topological polar surface area (TPSA) is 20.3 Å². The normalized spacial score (nSPS) is 17.4. The highest BCUT2D eigenvalue weighted by molar-refractivity contribution is 5.48. The Hall–Kier alpha value is -0.370. The average Bonchev–Trinajstić information content (AvgIpc) is 2.69. The highest BCUT2D eigenvalue weighted by Gasteiger charge is 2.09. The minimum Gasteiger partial charge on any atom is -0.303 e. The van der Waals surface area contributed by atoms with E-state index >= 15 is 0 Å². The second-order valence-electron chi connectivity index (χ2n) is 4.27. The molecule has 0 N–H and O–H groups in total. The lowest BCUT2D eigenvalue weighted by molar-refractivity contribution is -0.107. The fourth-order valence-electron chi connectivity index (χ4n) is 2.10. The van der Waals surface area contributed by atoms with Crippen molar-refractivity contribution in [1.29, 1.82) is 0 Å². The number of unbranched alkanes of at least 4 members (excludes halogenated alkanes) is 5. The van der Waals surface area contributed by atoms with E-state index in [2.05, 4.69) is 4.90 Å². The van der Waals surface area contributed by atoms with Gasteiger partial charge in [0.2, 0.25) is 0 Å². The predicted octanol–water partition coefficient (Wildman–Crippen LogP) is 2.62. The summed E-state index contributed by atoms with van der Waals surface area (Å²) >= 11 is 0. The molecular formula is C12H23NO. The monoisotopic (exact) mass is 197 g/mol. The number of hydrogen-bond donors (Lipinski definition) is 0. The van der Waals surface area contributed by atoms with Gasteiger partial charge in [0, 0.05) is 6.42 Å². The number of carbonyl (C=O) groups is 1. The molecule has 0 atom stereocenters. The standard InChI is InChI=1S/C12H23NO/c14-12-8-4-2-1-3-5-9-13-10-6-7-11-13/h12H,1-11H2. The highest BCUT2D eigenvalue weighted by Crippen LogP contribution is 2.10. The molecule has 1 aliphatic heterocycles. The van der Waals surface area contributed by atoms with E-state index in [-0.39, 0.29) is 0 Å². The molecular weight excluding hydrogens is 174 g/mol. The summed E-state index contributed by atoms with van der Waals surface area (Å²) in [6.07, 6.45) is 10.9. The van der Waals surface area contributed by atoms with Gasteiger partial charge >= 0.3 is 0 Å². The van der Waals surface area contributed by atoms with E-state index in [1.54, 1.807) is 0 Å². The van der Waals surface area contributed by atoms with E-state index < -0.39 is 0 Å². The van der Waals surface area contributed by atoms with Crippen molar-refractivity contribution in [1.82, 2.24) is 4.90 Å². The molecule has 0 unspecified atom stereocenters. The lowest BCUT2D eigenvalue weighted by atomic mass is 10.1. The summed E-state index contributed by atoms with van der Waals surface area (Å²) < 4.78 is 0. The van der Waals surface area contributed by atoms with Gasteiger partial charge in [-0.05, 0) is 45.3 Å². The number of likely N-dealkylation sites (tertiary alicyclic amines) is 1. The third-order valence-electron chi connectivity index (χ3n) is 3.00. The Bertz CT molecular complexity index is 141. The van der Waals surface area contributed by atoms with Gasteiger partial charge in [0.05, 0.1) is 0 Å². The zero-order valence-corrected chi connectivity index (χ0v) is 9.21. The van der Waals surface area contributed by atoms with E-state index in [1.165, 1.54) is 58.2 Å². The van der Waals surface area contributed by atoms with Crippen LogP contribution in [-0.2, 0) is 4.79 Å². The first-order chi connectivity index (χ1) is 6.93. The Kier molecular flexibility index (Phi) is 6.67. The van der Waals surface area contributed by atoms with Crippen molar-refractivity contribution in [2.24, 2.45) is 0 Å². The third kappa shape index (κ3) is 5.38. The van der Waals surface area contributed by atoms with Crippen LogP contribution in [0.15, 0.2) is 0 Å². The maximum atomic E-state index is 10.1. The van der Waals surface area contributed by atoms with Gasteiger partial charge in [-0.2, -0.15) is 0 Å². The van der Waals surface area contributed by atoms with Crippen molar-refractivity contribution < 1.29 is 4.79 Å². The van der Waals surface area contributed by atoms with Crippen LogP contribution in [0.25, 0.3) is 0 Å². The van der Waals surface area contributed by atoms with Crippen LogP contribution >= 0.6 is 0 Å². The molecule has 0 amide bonds. The van der Waals surface area contributed by atoms with E-state index in [1.807, 2.05) is 0 Å². The Labute approximate surface area is 87.7 Å². The molecule has 0 aromatic heterocycles. The van der Waals surface area contributed by atoms with Crippen molar-refractivity contribution in [3.05, 3.63) is 0 Å². The first-order valence-corrected chi connectivity index (χ1v) is 6.09. The molecule has 82 valence electrons. The molecule has 1 heterocycles. The van der Waals surface area contributed by atoms with Gasteiger partial charge in [0.1, 0.15) is 6.29 Å². The Morgan fingerprint density at radius 2 is 1.57 bits per heavy atom. The lowest BCUT2D eigenvalue weighted by Gasteiger charge is -2.13. The molecule has 1 aliphatic rings. The van der Waals surface area contributed by atoms with Crippen molar-refractivity contribution in [2.75, 3.05) is 19.6 Å². The van der Waals surface area contributed by atoms with Crippen molar-refractivity contribution in [3.63, 3.8) is 0 Å². The Morgan fingerprint density at radius 1 is 0.929 bits per heavy atom. The second-order valence-corrected chi connectivity index (χ2v) is 4.27. The average molecular weight is 197 g/mol. The van der Waals surface area contributed by atoms with E-state index in [9.17, 15) is 4.79 Å². The van der Waals surface area contributed by atoms with E-state index in [0.717, 1.165) is 19.1 Å². The fourth-order valence-corrected chi connectivity index (χ4v) is 2.10. The number of hydrogen-bond acceptors (Lipinski definition) is 2. The van der Waals surface area contributed by atoms with Gasteiger partial charge in [-0.25, -0.2) is 0 Å². The first kappa shape index (κ1) is 11.7. The number of aldehydes is 1. The van der Waals surface area contributed by atoms with Gasteiger partial charge in [-0.15, -0.1) is 0 Å². The van der Waals surface area contributed by atoms with Crippen molar-refractivity contribution >= 4 is 6.29 Å². The van der Waals surface area contributed by atoms with E-state index in [4.69, 9.17) is 0 Å². The Balaban J connectivity index is 1.77. The molecule has 14 heavy (non-hydrogen) atoms. The fraction of sp³-hybridized carbons (Fsp3) is 0.917. The molecule has 0 radical (unpaired) electrons. The SMILES string of the molecule is O=CCCCCCCCN1CCCC1. The predicted molar refractivity (Wildman–Crippen MR) is 59.4 cm³/mol. The maximum Gasteiger partial charge on any atom is 0.119 e. The highest BCUT2D eigenvalue weighted by atomic mass is 16.1. The number of rotatable bonds is 8. The largest absolute Gasteiger partial charge is 0.303 e. The smallest absolute Gasteiger partial charge is 0.119 e. The quantitative estimate of drug-likeness (QED) is 0.440. The maximum absolute atomic E-state index is 10.1. The zero-order chi connectivity index (χ0) is 10.1. The zero-order valence-electron chi connectivity index (χ0n) is 9.21. The minimum absolute atomic E-state index is 0.756. The summed E-state index contributed by atoms with van der Waals surface area (Å²) in [5, 5.41) is 0. The summed E-state index contributed by atoms with van der Waals surface area (Å²) in [5.74, 6) is 0. The van der Waals surface area contributed by atoms with Crippen LogP contribution in [0.5, 0.6) is 0 Å². The summed E-state index contributed by atoms with van der Waals surface area (Å²) in [6.45, 7) is 3.95. The van der Waals surface area contributed by atoms with Crippen LogP contribution in [0.2, 0.25) is 0 Å². The lowest BCUT2D eigenvalue weighted by Crippen LogP contribution is -2.20. The molecule has 2 nitrogen and oxygen atoms in total. The number of carbonyl (C=O) groups excluding carboxylic acids is 1. The van der Waals surface area contributed by atoms with Gasteiger partial charge in [0.25, 0.3) is 0 Å². The molecule has 0 aliphatic carbocycles. The second kappa shape index (κ2) is 7.98. The molecule has 1 fully saturated rings. The van der Waals surface area contributed by atoms with Crippen LogP contribution < -0.4 is 0 Å². The van der Waals surface area contributed by atoms with Crippen LogP contribution in [0.4, 0.5) is 0 Å². The molecule has 1 saturated heterocycles. The van der Waals surface area contributed by atoms with Gasteiger partial charge < -0.3 is 9.69 Å². The molecule has 1 rings (SSSR count). The van der Waals surface area contributed by atoms with Crippen molar-refractivity contribution in [2.45, 2.75) is 51.4 Å². The molecule has 0 aromatic carbocycles. The van der Waals surface area contributed by atoms with Crippen molar-refractivity contribution in [3.8, 4) is 0 Å². The van der Waals surface area contributed by atoms with E-state index in [0.29, 0.717) is 0 Å². The van der Waals surface area contributed by atoms with Gasteiger partial charge in [-0.3, -0.25) is 0 Å².